The molecule has 1 aliphatic carbocycles. The molecule has 0 unspecified atom stereocenters. The zero-order valence-electron chi connectivity index (χ0n) is 12.3. The van der Waals surface area contributed by atoms with Crippen LogP contribution in [0.25, 0.3) is 0 Å². The van der Waals surface area contributed by atoms with Gasteiger partial charge in [0.2, 0.25) is 0 Å². The van der Waals surface area contributed by atoms with Crippen LogP contribution in [-0.4, -0.2) is 0 Å². The van der Waals surface area contributed by atoms with Gasteiger partial charge in [-0.25, -0.2) is 0 Å². The molecule has 0 spiro atoms. The van der Waals surface area contributed by atoms with Gasteiger partial charge >= 0.3 is 0 Å². The molecule has 0 saturated heterocycles. The second kappa shape index (κ2) is 7.70. The average molecular weight is 265 g/mol. The van der Waals surface area contributed by atoms with E-state index in [2.05, 4.69) is 37.3 Å². The number of nitriles is 1. The molecule has 1 aromatic carbocycles. The Hall–Kier alpha value is -1.81. The predicted molar refractivity (Wildman–Crippen MR) is 84.4 cm³/mol. The van der Waals surface area contributed by atoms with E-state index in [9.17, 15) is 0 Å². The largest absolute Gasteiger partial charge is 0.193 e. The number of allylic oxidation sites excluding steroid dienone is 4. The standard InChI is InChI=1S/C19H23N/c1-2-16-7-11-18(12-8-16)19-13-9-17(10-14-19)6-4-3-5-15-20/h3-8,11-12,17,19H,2,9-10,13-14H2,1H3/t17-,19-. The van der Waals surface area contributed by atoms with Crippen molar-refractivity contribution in [2.75, 3.05) is 0 Å². The van der Waals surface area contributed by atoms with Crippen LogP contribution in [0.3, 0.4) is 0 Å². The number of nitrogens with zero attached hydrogens (tertiary/aromatic N) is 1. The Kier molecular flexibility index (Phi) is 5.62. The average Bonchev–Trinajstić information content (AvgIpc) is 2.52. The fourth-order valence-corrected chi connectivity index (χ4v) is 2.99. The van der Waals surface area contributed by atoms with Crippen molar-refractivity contribution in [3.8, 4) is 6.07 Å². The second-order valence-corrected chi connectivity index (χ2v) is 5.58. The first-order valence-electron chi connectivity index (χ1n) is 7.65. The summed E-state index contributed by atoms with van der Waals surface area (Å²) in [5.41, 5.74) is 2.93. The highest BCUT2D eigenvalue weighted by atomic mass is 14.3. The smallest absolute Gasteiger partial charge is 0.0912 e. The van der Waals surface area contributed by atoms with E-state index in [0.29, 0.717) is 5.92 Å². The Morgan fingerprint density at radius 1 is 1.10 bits per heavy atom. The molecular weight excluding hydrogens is 242 g/mol. The molecule has 0 heterocycles. The molecule has 1 aromatic rings. The highest BCUT2D eigenvalue weighted by molar-refractivity contribution is 5.26. The molecule has 1 heteroatoms. The van der Waals surface area contributed by atoms with E-state index in [4.69, 9.17) is 5.26 Å². The van der Waals surface area contributed by atoms with E-state index in [-0.39, 0.29) is 0 Å². The van der Waals surface area contributed by atoms with Crippen LogP contribution in [0.2, 0.25) is 0 Å². The Balaban J connectivity index is 1.86. The Bertz CT molecular complexity index is 494. The van der Waals surface area contributed by atoms with Gasteiger partial charge in [-0.3, -0.25) is 0 Å². The van der Waals surface area contributed by atoms with Gasteiger partial charge in [-0.15, -0.1) is 0 Å². The highest BCUT2D eigenvalue weighted by Crippen LogP contribution is 2.36. The minimum Gasteiger partial charge on any atom is -0.193 e. The number of hydrogen-bond acceptors (Lipinski definition) is 1. The lowest BCUT2D eigenvalue weighted by Crippen LogP contribution is -2.11. The summed E-state index contributed by atoms with van der Waals surface area (Å²) >= 11 is 0. The minimum atomic E-state index is 0.685. The summed E-state index contributed by atoms with van der Waals surface area (Å²) in [4.78, 5) is 0. The molecule has 104 valence electrons. The van der Waals surface area contributed by atoms with Crippen LogP contribution in [0.1, 0.15) is 49.7 Å². The normalized spacial score (nSPS) is 23.2. The van der Waals surface area contributed by atoms with Gasteiger partial charge in [0.05, 0.1) is 6.07 Å². The lowest BCUT2D eigenvalue weighted by molar-refractivity contribution is 0.376. The quantitative estimate of drug-likeness (QED) is 0.545. The molecule has 2 rings (SSSR count). The third kappa shape index (κ3) is 4.10. The van der Waals surface area contributed by atoms with Gasteiger partial charge in [-0.1, -0.05) is 49.4 Å². The molecule has 1 nitrogen and oxygen atoms in total. The molecule has 1 saturated carbocycles. The molecule has 0 aromatic heterocycles. The molecule has 0 bridgehead atoms. The molecule has 20 heavy (non-hydrogen) atoms. The van der Waals surface area contributed by atoms with Gasteiger partial charge in [0.15, 0.2) is 0 Å². The third-order valence-corrected chi connectivity index (χ3v) is 4.30. The van der Waals surface area contributed by atoms with Crippen molar-refractivity contribution in [3.05, 3.63) is 59.7 Å². The third-order valence-electron chi connectivity index (χ3n) is 4.30. The molecule has 0 radical (unpaired) electrons. The van der Waals surface area contributed by atoms with E-state index < -0.39 is 0 Å². The van der Waals surface area contributed by atoms with Gasteiger partial charge in [0.1, 0.15) is 0 Å². The summed E-state index contributed by atoms with van der Waals surface area (Å²) in [6.07, 6.45) is 13.8. The zero-order valence-corrected chi connectivity index (χ0v) is 12.3. The van der Waals surface area contributed by atoms with Crippen molar-refractivity contribution in [3.63, 3.8) is 0 Å². The van der Waals surface area contributed by atoms with Crippen LogP contribution < -0.4 is 0 Å². The topological polar surface area (TPSA) is 23.8 Å². The molecule has 0 amide bonds. The predicted octanol–water partition coefficient (Wildman–Crippen LogP) is 5.16. The maximum absolute atomic E-state index is 8.43. The van der Waals surface area contributed by atoms with E-state index in [1.165, 1.54) is 42.9 Å². The summed E-state index contributed by atoms with van der Waals surface area (Å²) < 4.78 is 0. The van der Waals surface area contributed by atoms with E-state index in [0.717, 1.165) is 12.3 Å². The van der Waals surface area contributed by atoms with Gasteiger partial charge in [-0.05, 0) is 55.1 Å². The molecule has 1 aliphatic rings. The molecule has 0 aliphatic heterocycles. The van der Waals surface area contributed by atoms with Gasteiger partial charge in [0.25, 0.3) is 0 Å². The van der Waals surface area contributed by atoms with Crippen molar-refractivity contribution in [2.45, 2.75) is 44.9 Å². The van der Waals surface area contributed by atoms with Gasteiger partial charge in [0, 0.05) is 6.08 Å². The maximum Gasteiger partial charge on any atom is 0.0912 e. The number of hydrogen-bond donors (Lipinski definition) is 0. The van der Waals surface area contributed by atoms with Gasteiger partial charge < -0.3 is 0 Å². The number of benzene rings is 1. The van der Waals surface area contributed by atoms with Crippen LogP contribution >= 0.6 is 0 Å². The Morgan fingerprint density at radius 3 is 2.40 bits per heavy atom. The summed E-state index contributed by atoms with van der Waals surface area (Å²) in [7, 11) is 0. The van der Waals surface area contributed by atoms with Gasteiger partial charge in [-0.2, -0.15) is 5.26 Å². The maximum atomic E-state index is 8.43. The SMILES string of the molecule is CCc1ccc([C@H]2CC[C@H](C=CC=CC#N)CC2)cc1. The summed E-state index contributed by atoms with van der Waals surface area (Å²) in [5, 5.41) is 8.43. The first kappa shape index (κ1) is 14.6. The summed E-state index contributed by atoms with van der Waals surface area (Å²) in [5.74, 6) is 1.42. The first-order valence-corrected chi connectivity index (χ1v) is 7.65. The second-order valence-electron chi connectivity index (χ2n) is 5.58. The number of rotatable bonds is 4. The van der Waals surface area contributed by atoms with Crippen molar-refractivity contribution >= 4 is 0 Å². The minimum absolute atomic E-state index is 0.685. The van der Waals surface area contributed by atoms with Crippen molar-refractivity contribution in [1.82, 2.24) is 0 Å². The van der Waals surface area contributed by atoms with E-state index >= 15 is 0 Å². The monoisotopic (exact) mass is 265 g/mol. The van der Waals surface area contributed by atoms with Crippen LogP contribution in [0.5, 0.6) is 0 Å². The van der Waals surface area contributed by atoms with Crippen molar-refractivity contribution < 1.29 is 0 Å². The lowest BCUT2D eigenvalue weighted by Gasteiger charge is -2.27. The Labute approximate surface area is 122 Å². The molecule has 1 fully saturated rings. The highest BCUT2D eigenvalue weighted by Gasteiger charge is 2.20. The van der Waals surface area contributed by atoms with E-state index in [1.54, 1.807) is 0 Å². The molecule has 0 atom stereocenters. The number of aryl methyl sites for hydroxylation is 1. The summed E-state index contributed by atoms with van der Waals surface area (Å²) in [6, 6.07) is 11.2. The van der Waals surface area contributed by atoms with Crippen LogP contribution in [-0.2, 0) is 6.42 Å². The van der Waals surface area contributed by atoms with Crippen molar-refractivity contribution in [1.29, 1.82) is 5.26 Å². The Morgan fingerprint density at radius 2 is 1.80 bits per heavy atom. The van der Waals surface area contributed by atoms with E-state index in [1.807, 2.05) is 18.2 Å². The van der Waals surface area contributed by atoms with Crippen LogP contribution in [0.15, 0.2) is 48.6 Å². The lowest BCUT2D eigenvalue weighted by atomic mass is 9.78. The van der Waals surface area contributed by atoms with Crippen LogP contribution in [0, 0.1) is 17.2 Å². The summed E-state index contributed by atoms with van der Waals surface area (Å²) in [6.45, 7) is 2.20. The van der Waals surface area contributed by atoms with Crippen molar-refractivity contribution in [2.24, 2.45) is 5.92 Å². The first-order chi connectivity index (χ1) is 9.83. The fraction of sp³-hybridized carbons (Fsp3) is 0.421. The molecule has 0 N–H and O–H groups in total. The zero-order chi connectivity index (χ0) is 14.2. The van der Waals surface area contributed by atoms with Crippen LogP contribution in [0.4, 0.5) is 0 Å². The molecular formula is C19H23N. The fourth-order valence-electron chi connectivity index (χ4n) is 2.99.